The van der Waals surface area contributed by atoms with E-state index >= 15 is 0 Å². The van der Waals surface area contributed by atoms with Gasteiger partial charge in [-0.3, -0.25) is 14.8 Å². The van der Waals surface area contributed by atoms with Gasteiger partial charge < -0.3 is 20.9 Å². The molecular weight excluding hydrogens is 496 g/mol. The summed E-state index contributed by atoms with van der Waals surface area (Å²) in [6, 6.07) is 2.67. The number of aromatic nitrogens is 2. The van der Waals surface area contributed by atoms with Crippen molar-refractivity contribution in [3.8, 4) is 0 Å². The van der Waals surface area contributed by atoms with Crippen LogP contribution in [-0.4, -0.2) is 69.9 Å². The highest BCUT2D eigenvalue weighted by Crippen LogP contribution is 2.34. The number of H-pyrrole nitrogens is 1. The van der Waals surface area contributed by atoms with Gasteiger partial charge in [-0.2, -0.15) is 0 Å². The Labute approximate surface area is 217 Å². The molecule has 1 saturated heterocycles. The summed E-state index contributed by atoms with van der Waals surface area (Å²) in [7, 11) is -4.47. The standard InChI is InChI=1S/C25H36N6O5S/c1-16-9-10-30(21(12-16)24(26)32)25(33)20(7-4-6-19-14-27-15-29-19)31(34)37(35,36)22-8-3-5-18-11-17(2)13-28-23(18)22/h3,5,8,14-17,20-21,28,34H,4,6-7,9-13H2,1-2H3,(H2,26,32)(H,27,29). The van der Waals surface area contributed by atoms with Crippen LogP contribution in [0.1, 0.15) is 50.8 Å². The van der Waals surface area contributed by atoms with Gasteiger partial charge in [0.25, 0.3) is 10.0 Å². The van der Waals surface area contributed by atoms with Crippen LogP contribution in [0.25, 0.3) is 0 Å². The molecule has 2 aliphatic heterocycles. The van der Waals surface area contributed by atoms with Gasteiger partial charge in [-0.05, 0) is 62.0 Å². The van der Waals surface area contributed by atoms with Gasteiger partial charge in [0.15, 0.2) is 0 Å². The van der Waals surface area contributed by atoms with Gasteiger partial charge in [-0.25, -0.2) is 13.4 Å². The molecule has 0 saturated carbocycles. The van der Waals surface area contributed by atoms with Gasteiger partial charge >= 0.3 is 0 Å². The molecule has 11 nitrogen and oxygen atoms in total. The van der Waals surface area contributed by atoms with E-state index in [9.17, 15) is 23.2 Å². The van der Waals surface area contributed by atoms with Crippen molar-refractivity contribution < 1.29 is 23.2 Å². The van der Waals surface area contributed by atoms with Gasteiger partial charge in [-0.1, -0.05) is 30.4 Å². The summed E-state index contributed by atoms with van der Waals surface area (Å²) in [5.74, 6) is -0.741. The molecule has 2 amide bonds. The largest absolute Gasteiger partial charge is 0.383 e. The number of aryl methyl sites for hydroxylation is 1. The maximum atomic E-state index is 13.8. The summed E-state index contributed by atoms with van der Waals surface area (Å²) < 4.78 is 27.7. The van der Waals surface area contributed by atoms with Crippen molar-refractivity contribution in [1.82, 2.24) is 19.3 Å². The van der Waals surface area contributed by atoms with E-state index in [-0.39, 0.29) is 28.2 Å². The number of imidazole rings is 1. The SMILES string of the molecule is CC1CNc2c(cccc2S(=O)(=O)N(O)C(CCCc2cnc[nH]2)C(=O)N2CCC(C)CC2C(N)=O)C1. The molecule has 1 aromatic heterocycles. The molecule has 0 bridgehead atoms. The van der Waals surface area contributed by atoms with E-state index in [1.54, 1.807) is 18.6 Å². The van der Waals surface area contributed by atoms with E-state index in [1.807, 2.05) is 13.0 Å². The van der Waals surface area contributed by atoms with Gasteiger partial charge in [0.1, 0.15) is 17.0 Å². The minimum atomic E-state index is -4.47. The number of amides is 2. The molecular formula is C25H36N6O5S. The fourth-order valence-electron chi connectivity index (χ4n) is 5.26. The Morgan fingerprint density at radius 1 is 1.30 bits per heavy atom. The van der Waals surface area contributed by atoms with Gasteiger partial charge in [0.2, 0.25) is 11.8 Å². The lowest BCUT2D eigenvalue weighted by molar-refractivity contribution is -0.153. The number of carbonyl (C=O) groups is 2. The third-order valence-electron chi connectivity index (χ3n) is 7.34. The van der Waals surface area contributed by atoms with Gasteiger partial charge in [0.05, 0.1) is 12.0 Å². The van der Waals surface area contributed by atoms with E-state index in [0.717, 1.165) is 11.3 Å². The van der Waals surface area contributed by atoms with E-state index < -0.39 is 33.9 Å². The topological polar surface area (TPSA) is 162 Å². The zero-order valence-corrected chi connectivity index (χ0v) is 22.1. The lowest BCUT2D eigenvalue weighted by Crippen LogP contribution is -2.58. The summed E-state index contributed by atoms with van der Waals surface area (Å²) in [6.45, 7) is 4.91. The molecule has 0 radical (unpaired) electrons. The lowest BCUT2D eigenvalue weighted by Gasteiger charge is -2.39. The number of rotatable bonds is 9. The third-order valence-corrected chi connectivity index (χ3v) is 8.98. The van der Waals surface area contributed by atoms with Crippen LogP contribution < -0.4 is 11.1 Å². The number of benzene rings is 1. The summed E-state index contributed by atoms with van der Waals surface area (Å²) in [5, 5.41) is 14.4. The number of fused-ring (bicyclic) bond motifs is 1. The number of anilines is 1. The zero-order chi connectivity index (χ0) is 26.7. The number of hydrogen-bond acceptors (Lipinski definition) is 7. The van der Waals surface area contributed by atoms with Crippen molar-refractivity contribution in [2.24, 2.45) is 17.6 Å². The molecule has 4 unspecified atom stereocenters. The second kappa shape index (κ2) is 11.2. The third kappa shape index (κ3) is 5.81. The molecule has 4 rings (SSSR count). The van der Waals surface area contributed by atoms with Crippen LogP contribution in [0.5, 0.6) is 0 Å². The Morgan fingerprint density at radius 3 is 2.78 bits per heavy atom. The van der Waals surface area contributed by atoms with Crippen LogP contribution in [0.2, 0.25) is 0 Å². The van der Waals surface area contributed by atoms with Crippen molar-refractivity contribution in [2.45, 2.75) is 69.4 Å². The van der Waals surface area contributed by atoms with E-state index in [4.69, 9.17) is 5.73 Å². The molecule has 2 aromatic rings. The monoisotopic (exact) mass is 532 g/mol. The van der Waals surface area contributed by atoms with Crippen LogP contribution in [0.15, 0.2) is 35.6 Å². The summed E-state index contributed by atoms with van der Waals surface area (Å²) in [5.41, 5.74) is 7.74. The van der Waals surface area contributed by atoms with Crippen LogP contribution in [0.3, 0.4) is 0 Å². The summed E-state index contributed by atoms with van der Waals surface area (Å²) in [6.07, 6.45) is 5.91. The molecule has 12 heteroatoms. The quantitative estimate of drug-likeness (QED) is 0.359. The number of sulfonamides is 1. The Kier molecular flexibility index (Phi) is 8.20. The second-order valence-corrected chi connectivity index (χ2v) is 12.1. The number of hydroxylamine groups is 1. The molecule has 4 atom stereocenters. The molecule has 5 N–H and O–H groups in total. The van der Waals surface area contributed by atoms with Crippen molar-refractivity contribution in [3.05, 3.63) is 42.0 Å². The van der Waals surface area contributed by atoms with Crippen molar-refractivity contribution in [2.75, 3.05) is 18.4 Å². The van der Waals surface area contributed by atoms with Crippen LogP contribution in [0.4, 0.5) is 5.69 Å². The average molecular weight is 533 g/mol. The number of nitrogens with one attached hydrogen (secondary N) is 2. The number of likely N-dealkylation sites (tertiary alicyclic amines) is 1. The summed E-state index contributed by atoms with van der Waals surface area (Å²) >= 11 is 0. The smallest absolute Gasteiger partial charge is 0.267 e. The fourth-order valence-corrected chi connectivity index (χ4v) is 6.70. The molecule has 2 aliphatic rings. The maximum absolute atomic E-state index is 13.8. The first-order valence-corrected chi connectivity index (χ1v) is 14.2. The average Bonchev–Trinajstić information content (AvgIpc) is 3.38. The molecule has 3 heterocycles. The Hall–Kier alpha value is -2.96. The number of nitrogens with zero attached hydrogens (tertiary/aromatic N) is 3. The Bertz CT molecular complexity index is 1220. The number of hydrogen-bond donors (Lipinski definition) is 4. The van der Waals surface area contributed by atoms with Gasteiger partial charge in [-0.15, -0.1) is 0 Å². The highest BCUT2D eigenvalue weighted by molar-refractivity contribution is 7.89. The maximum Gasteiger partial charge on any atom is 0.267 e. The first-order valence-electron chi connectivity index (χ1n) is 12.8. The number of piperidine rings is 1. The Balaban J connectivity index is 1.65. The Morgan fingerprint density at radius 2 is 2.08 bits per heavy atom. The van der Waals surface area contributed by atoms with Crippen molar-refractivity contribution >= 4 is 27.5 Å². The number of primary amides is 1. The van der Waals surface area contributed by atoms with Crippen LogP contribution in [-0.2, 0) is 32.5 Å². The predicted octanol–water partition coefficient (Wildman–Crippen LogP) is 1.90. The lowest BCUT2D eigenvalue weighted by atomic mass is 9.91. The highest BCUT2D eigenvalue weighted by Gasteiger charge is 2.42. The molecule has 202 valence electrons. The van der Waals surface area contributed by atoms with Crippen LogP contribution in [0, 0.1) is 11.8 Å². The first kappa shape index (κ1) is 27.1. The first-order chi connectivity index (χ1) is 17.6. The van der Waals surface area contributed by atoms with E-state index in [2.05, 4.69) is 22.2 Å². The number of para-hydroxylation sites is 1. The normalized spacial score (nSPS) is 22.8. The molecule has 0 spiro atoms. The number of nitrogens with two attached hydrogens (primary N) is 1. The zero-order valence-electron chi connectivity index (χ0n) is 21.3. The molecule has 37 heavy (non-hydrogen) atoms. The summed E-state index contributed by atoms with van der Waals surface area (Å²) in [4.78, 5) is 34.2. The minimum Gasteiger partial charge on any atom is -0.383 e. The molecule has 1 fully saturated rings. The van der Waals surface area contributed by atoms with E-state index in [0.29, 0.717) is 50.3 Å². The van der Waals surface area contributed by atoms with E-state index in [1.165, 1.54) is 11.0 Å². The fraction of sp³-hybridized carbons (Fsp3) is 0.560. The van der Waals surface area contributed by atoms with Gasteiger partial charge in [0, 0.05) is 25.0 Å². The number of aromatic amines is 1. The minimum absolute atomic E-state index is 0.0462. The number of carbonyl (C=O) groups excluding carboxylic acids is 2. The predicted molar refractivity (Wildman–Crippen MR) is 137 cm³/mol. The van der Waals surface area contributed by atoms with Crippen molar-refractivity contribution in [1.29, 1.82) is 0 Å². The highest BCUT2D eigenvalue weighted by atomic mass is 32.2. The second-order valence-electron chi connectivity index (χ2n) is 10.3. The molecule has 1 aromatic carbocycles. The van der Waals surface area contributed by atoms with Crippen LogP contribution >= 0.6 is 0 Å². The van der Waals surface area contributed by atoms with Crippen molar-refractivity contribution in [3.63, 3.8) is 0 Å². The molecule has 0 aliphatic carbocycles.